The van der Waals surface area contributed by atoms with E-state index < -0.39 is 5.97 Å². The first-order valence-electron chi connectivity index (χ1n) is 6.27. The largest absolute Gasteiger partial charge is 0.545 e. The Morgan fingerprint density at radius 2 is 1.90 bits per heavy atom. The van der Waals surface area contributed by atoms with Crippen LogP contribution in [0.1, 0.15) is 10.4 Å². The smallest absolute Gasteiger partial charge is 0.0737 e. The molecule has 0 spiro atoms. The Balaban J connectivity index is 2.09. The minimum atomic E-state index is -1.22. The molecule has 0 aliphatic heterocycles. The van der Waals surface area contributed by atoms with Crippen LogP contribution in [0.2, 0.25) is 5.02 Å². The van der Waals surface area contributed by atoms with Crippen LogP contribution >= 0.6 is 11.6 Å². The van der Waals surface area contributed by atoms with Gasteiger partial charge in [-0.05, 0) is 30.3 Å². The van der Waals surface area contributed by atoms with Gasteiger partial charge in [0.2, 0.25) is 0 Å². The molecule has 2 aromatic carbocycles. The maximum atomic E-state index is 11.1. The Morgan fingerprint density at radius 1 is 1.10 bits per heavy atom. The van der Waals surface area contributed by atoms with Gasteiger partial charge in [-0.15, -0.1) is 0 Å². The summed E-state index contributed by atoms with van der Waals surface area (Å²) in [6.45, 7) is 0. The molecule has 0 radical (unpaired) electrons. The summed E-state index contributed by atoms with van der Waals surface area (Å²) in [7, 11) is 0. The van der Waals surface area contributed by atoms with Crippen LogP contribution in [0.4, 0.5) is 11.4 Å². The summed E-state index contributed by atoms with van der Waals surface area (Å²) in [6, 6.07) is 13.7. The zero-order chi connectivity index (χ0) is 14.8. The predicted molar refractivity (Wildman–Crippen MR) is 80.8 cm³/mol. The summed E-state index contributed by atoms with van der Waals surface area (Å²) in [5.41, 5.74) is 2.07. The normalized spacial score (nSPS) is 10.5. The monoisotopic (exact) mass is 297 g/mol. The molecule has 1 heterocycles. The molecule has 21 heavy (non-hydrogen) atoms. The summed E-state index contributed by atoms with van der Waals surface area (Å²) in [4.78, 5) is 15.4. The molecule has 0 atom stereocenters. The van der Waals surface area contributed by atoms with Crippen molar-refractivity contribution in [2.24, 2.45) is 0 Å². The number of nitrogens with zero attached hydrogens (tertiary/aromatic N) is 1. The van der Waals surface area contributed by atoms with Gasteiger partial charge in [-0.2, -0.15) is 0 Å². The van der Waals surface area contributed by atoms with Crippen LogP contribution in [0.5, 0.6) is 0 Å². The van der Waals surface area contributed by atoms with Gasteiger partial charge in [0.15, 0.2) is 0 Å². The van der Waals surface area contributed by atoms with E-state index in [-0.39, 0.29) is 5.56 Å². The highest BCUT2D eigenvalue weighted by Gasteiger charge is 2.06. The average molecular weight is 298 g/mol. The molecule has 4 nitrogen and oxygen atoms in total. The second kappa shape index (κ2) is 5.42. The van der Waals surface area contributed by atoms with E-state index in [1.807, 2.05) is 6.07 Å². The number of aromatic nitrogens is 1. The third-order valence-corrected chi connectivity index (χ3v) is 3.36. The van der Waals surface area contributed by atoms with Crippen LogP contribution in [0.15, 0.2) is 54.7 Å². The van der Waals surface area contributed by atoms with Crippen molar-refractivity contribution >= 4 is 39.8 Å². The van der Waals surface area contributed by atoms with E-state index >= 15 is 0 Å². The van der Waals surface area contributed by atoms with Gasteiger partial charge < -0.3 is 15.2 Å². The van der Waals surface area contributed by atoms with E-state index in [2.05, 4.69) is 10.3 Å². The summed E-state index contributed by atoms with van der Waals surface area (Å²) in [5, 5.41) is 15.7. The van der Waals surface area contributed by atoms with Gasteiger partial charge in [0, 0.05) is 33.5 Å². The zero-order valence-electron chi connectivity index (χ0n) is 10.8. The molecule has 1 N–H and O–H groups in total. The number of carbonyl (C=O) groups excluding carboxylic acids is 1. The molecule has 0 saturated heterocycles. The van der Waals surface area contributed by atoms with Gasteiger partial charge in [0.05, 0.1) is 11.5 Å². The number of pyridine rings is 1. The van der Waals surface area contributed by atoms with Crippen LogP contribution < -0.4 is 10.4 Å². The van der Waals surface area contributed by atoms with Crippen LogP contribution in [-0.4, -0.2) is 11.0 Å². The maximum absolute atomic E-state index is 11.1. The molecule has 1 aromatic heterocycles. The van der Waals surface area contributed by atoms with Crippen LogP contribution in [-0.2, 0) is 0 Å². The number of carboxylic acid groups (broad SMARTS) is 1. The van der Waals surface area contributed by atoms with Crippen LogP contribution in [0, 0.1) is 0 Å². The van der Waals surface area contributed by atoms with Crippen molar-refractivity contribution in [1.29, 1.82) is 0 Å². The van der Waals surface area contributed by atoms with Crippen LogP contribution in [0.25, 0.3) is 10.9 Å². The number of benzene rings is 2. The fourth-order valence-corrected chi connectivity index (χ4v) is 2.31. The molecule has 0 bridgehead atoms. The second-order valence-electron chi connectivity index (χ2n) is 4.48. The lowest BCUT2D eigenvalue weighted by atomic mass is 10.1. The topological polar surface area (TPSA) is 65.0 Å². The highest BCUT2D eigenvalue weighted by atomic mass is 35.5. The van der Waals surface area contributed by atoms with Crippen molar-refractivity contribution < 1.29 is 9.90 Å². The van der Waals surface area contributed by atoms with E-state index in [0.717, 1.165) is 16.6 Å². The van der Waals surface area contributed by atoms with Gasteiger partial charge >= 0.3 is 0 Å². The molecule has 5 heteroatoms. The fourth-order valence-electron chi connectivity index (χ4n) is 2.15. The van der Waals surface area contributed by atoms with Crippen molar-refractivity contribution in [1.82, 2.24) is 4.98 Å². The van der Waals surface area contributed by atoms with E-state index in [4.69, 9.17) is 11.6 Å². The third kappa shape index (κ3) is 2.66. The Kier molecular flexibility index (Phi) is 3.46. The minimum Gasteiger partial charge on any atom is -0.545 e. The van der Waals surface area contributed by atoms with Crippen molar-refractivity contribution in [3.8, 4) is 0 Å². The fraction of sp³-hybridized carbons (Fsp3) is 0. The molecule has 3 aromatic rings. The highest BCUT2D eigenvalue weighted by Crippen LogP contribution is 2.28. The number of para-hydroxylation sites is 1. The molecule has 0 amide bonds. The van der Waals surface area contributed by atoms with Gasteiger partial charge in [0.1, 0.15) is 0 Å². The average Bonchev–Trinajstić information content (AvgIpc) is 2.47. The van der Waals surface area contributed by atoms with Crippen molar-refractivity contribution in [3.63, 3.8) is 0 Å². The molecule has 0 unspecified atom stereocenters. The zero-order valence-corrected chi connectivity index (χ0v) is 11.6. The molecule has 0 aliphatic rings. The number of halogens is 1. The van der Waals surface area contributed by atoms with Crippen molar-refractivity contribution in [2.45, 2.75) is 0 Å². The standard InChI is InChI=1S/C16H11ClN2O2/c17-10-5-6-11-14(7-8-18-15(11)9-10)19-13-4-2-1-3-12(13)16(20)21/h1-9H,(H,18,19)(H,20,21)/p-1. The highest BCUT2D eigenvalue weighted by molar-refractivity contribution is 6.31. The summed E-state index contributed by atoms with van der Waals surface area (Å²) in [6.07, 6.45) is 1.64. The Bertz CT molecular complexity index is 833. The molecule has 0 fully saturated rings. The number of fused-ring (bicyclic) bond motifs is 1. The molecule has 0 saturated carbocycles. The first-order chi connectivity index (χ1) is 10.1. The van der Waals surface area contributed by atoms with Crippen molar-refractivity contribution in [3.05, 3.63) is 65.3 Å². The van der Waals surface area contributed by atoms with E-state index in [0.29, 0.717) is 10.7 Å². The molecule has 3 rings (SSSR count). The molecule has 104 valence electrons. The summed E-state index contributed by atoms with van der Waals surface area (Å²) >= 11 is 5.95. The van der Waals surface area contributed by atoms with E-state index in [9.17, 15) is 9.90 Å². The minimum absolute atomic E-state index is 0.108. The number of hydrogen-bond donors (Lipinski definition) is 1. The molecular weight excluding hydrogens is 288 g/mol. The van der Waals surface area contributed by atoms with Gasteiger partial charge in [-0.25, -0.2) is 0 Å². The first-order valence-corrected chi connectivity index (χ1v) is 6.64. The van der Waals surface area contributed by atoms with E-state index in [1.165, 1.54) is 6.07 Å². The number of nitrogens with one attached hydrogen (secondary N) is 1. The SMILES string of the molecule is O=C([O-])c1ccccc1Nc1ccnc2cc(Cl)ccc12. The quantitative estimate of drug-likeness (QED) is 0.807. The number of carboxylic acids is 1. The Morgan fingerprint density at radius 3 is 2.71 bits per heavy atom. The lowest BCUT2D eigenvalue weighted by molar-refractivity contribution is -0.254. The van der Waals surface area contributed by atoms with Crippen LogP contribution in [0.3, 0.4) is 0 Å². The summed E-state index contributed by atoms with van der Waals surface area (Å²) in [5.74, 6) is -1.22. The third-order valence-electron chi connectivity index (χ3n) is 3.12. The number of anilines is 2. The summed E-state index contributed by atoms with van der Waals surface area (Å²) < 4.78 is 0. The maximum Gasteiger partial charge on any atom is 0.0737 e. The number of aromatic carboxylic acids is 1. The van der Waals surface area contributed by atoms with Crippen molar-refractivity contribution in [2.75, 3.05) is 5.32 Å². The first kappa shape index (κ1) is 13.4. The lowest BCUT2D eigenvalue weighted by Crippen LogP contribution is -2.23. The van der Waals surface area contributed by atoms with Gasteiger partial charge in [-0.1, -0.05) is 29.8 Å². The van der Waals surface area contributed by atoms with Gasteiger partial charge in [-0.3, -0.25) is 4.98 Å². The second-order valence-corrected chi connectivity index (χ2v) is 4.91. The lowest BCUT2D eigenvalue weighted by Gasteiger charge is -2.14. The number of rotatable bonds is 3. The Hall–Kier alpha value is -2.59. The number of carbonyl (C=O) groups is 1. The Labute approximate surface area is 126 Å². The van der Waals surface area contributed by atoms with E-state index in [1.54, 1.807) is 42.6 Å². The molecular formula is C16H10ClN2O2-. The van der Waals surface area contributed by atoms with Gasteiger partial charge in [0.25, 0.3) is 0 Å². The number of hydrogen-bond acceptors (Lipinski definition) is 4. The predicted octanol–water partition coefficient (Wildman–Crippen LogP) is 3.00. The molecule has 0 aliphatic carbocycles.